The highest BCUT2D eigenvalue weighted by Gasteiger charge is 2.26. The Bertz CT molecular complexity index is 747. The topological polar surface area (TPSA) is 76.0 Å². The van der Waals surface area contributed by atoms with E-state index in [2.05, 4.69) is 15.7 Å². The van der Waals surface area contributed by atoms with Crippen molar-refractivity contribution >= 4 is 11.8 Å². The van der Waals surface area contributed by atoms with E-state index in [4.69, 9.17) is 0 Å². The molecule has 2 N–H and O–H groups in total. The number of amides is 2. The molecule has 0 unspecified atom stereocenters. The summed E-state index contributed by atoms with van der Waals surface area (Å²) in [5.41, 5.74) is 4.67. The van der Waals surface area contributed by atoms with E-state index in [9.17, 15) is 9.59 Å². The summed E-state index contributed by atoms with van der Waals surface area (Å²) in [6, 6.07) is 8.08. The predicted octanol–water partition coefficient (Wildman–Crippen LogP) is 1.15. The smallest absolute Gasteiger partial charge is 0.272 e. The Morgan fingerprint density at radius 3 is 2.65 bits per heavy atom. The van der Waals surface area contributed by atoms with E-state index in [0.717, 1.165) is 36.2 Å². The van der Waals surface area contributed by atoms with Gasteiger partial charge in [-0.1, -0.05) is 17.7 Å². The van der Waals surface area contributed by atoms with Crippen LogP contribution in [0.2, 0.25) is 0 Å². The lowest BCUT2D eigenvalue weighted by molar-refractivity contribution is -0.119. The molecule has 6 heteroatoms. The van der Waals surface area contributed by atoms with Crippen molar-refractivity contribution in [3.63, 3.8) is 0 Å². The fraction of sp³-hybridized carbons (Fsp3) is 0.353. The first-order chi connectivity index (χ1) is 11.1. The van der Waals surface area contributed by atoms with Gasteiger partial charge in [-0.2, -0.15) is 5.10 Å². The third kappa shape index (κ3) is 2.97. The maximum Gasteiger partial charge on any atom is 0.272 e. The predicted molar refractivity (Wildman–Crippen MR) is 86.7 cm³/mol. The van der Waals surface area contributed by atoms with Gasteiger partial charge < -0.3 is 10.6 Å². The summed E-state index contributed by atoms with van der Waals surface area (Å²) in [7, 11) is 1.54. The van der Waals surface area contributed by atoms with Crippen LogP contribution in [-0.4, -0.2) is 35.2 Å². The number of nitrogens with zero attached hydrogens (tertiary/aromatic N) is 2. The summed E-state index contributed by atoms with van der Waals surface area (Å²) in [5.74, 6) is -0.523. The van der Waals surface area contributed by atoms with E-state index in [1.54, 1.807) is 0 Å². The number of likely N-dealkylation sites (N-methyl/N-ethyl adjacent to an activating group) is 1. The van der Waals surface area contributed by atoms with Crippen molar-refractivity contribution in [1.29, 1.82) is 0 Å². The molecule has 1 heterocycles. The monoisotopic (exact) mass is 312 g/mol. The van der Waals surface area contributed by atoms with E-state index in [-0.39, 0.29) is 18.4 Å². The number of benzene rings is 1. The number of carbonyl (C=O) groups excluding carboxylic acids is 2. The molecule has 0 fully saturated rings. The van der Waals surface area contributed by atoms with Crippen LogP contribution < -0.4 is 10.6 Å². The van der Waals surface area contributed by atoms with E-state index in [1.165, 1.54) is 12.6 Å². The number of fused-ring (bicyclic) bond motifs is 1. The second-order valence-corrected chi connectivity index (χ2v) is 5.73. The van der Waals surface area contributed by atoms with Gasteiger partial charge in [-0.25, -0.2) is 4.68 Å². The molecule has 0 saturated heterocycles. The van der Waals surface area contributed by atoms with E-state index >= 15 is 0 Å². The normalized spacial score (nSPS) is 12.8. The molecule has 23 heavy (non-hydrogen) atoms. The largest absolute Gasteiger partial charge is 0.358 e. The Morgan fingerprint density at radius 2 is 1.96 bits per heavy atom. The minimum atomic E-state index is -0.294. The Morgan fingerprint density at radius 1 is 1.22 bits per heavy atom. The van der Waals surface area contributed by atoms with Gasteiger partial charge in [0.15, 0.2) is 5.69 Å². The molecule has 120 valence electrons. The number of nitrogens with one attached hydrogen (secondary N) is 2. The maximum absolute atomic E-state index is 12.4. The van der Waals surface area contributed by atoms with Crippen LogP contribution in [0.3, 0.4) is 0 Å². The molecule has 0 atom stereocenters. The summed E-state index contributed by atoms with van der Waals surface area (Å²) < 4.78 is 1.86. The average Bonchev–Trinajstić information content (AvgIpc) is 3.15. The van der Waals surface area contributed by atoms with Gasteiger partial charge in [0.2, 0.25) is 5.91 Å². The van der Waals surface area contributed by atoms with Crippen LogP contribution in [0.25, 0.3) is 5.69 Å². The van der Waals surface area contributed by atoms with Crippen molar-refractivity contribution in [3.05, 3.63) is 46.8 Å². The highest BCUT2D eigenvalue weighted by atomic mass is 16.2. The Labute approximate surface area is 134 Å². The van der Waals surface area contributed by atoms with Crippen LogP contribution in [0, 0.1) is 6.92 Å². The standard InChI is InChI=1S/C17H20N4O2/c1-11-6-8-12(9-7-11)21-14-5-3-4-13(14)16(20-21)17(23)19-10-15(22)18-2/h6-9H,3-5,10H2,1-2H3,(H,18,22)(H,19,23). The van der Waals surface area contributed by atoms with Gasteiger partial charge in [-0.15, -0.1) is 0 Å². The maximum atomic E-state index is 12.4. The zero-order valence-electron chi connectivity index (χ0n) is 13.3. The molecule has 1 aromatic heterocycles. The van der Waals surface area contributed by atoms with Crippen LogP contribution in [0.15, 0.2) is 24.3 Å². The Balaban J connectivity index is 1.90. The molecule has 0 aliphatic heterocycles. The minimum Gasteiger partial charge on any atom is -0.358 e. The lowest BCUT2D eigenvalue weighted by Gasteiger charge is -2.06. The summed E-state index contributed by atoms with van der Waals surface area (Å²) in [5, 5.41) is 9.62. The number of hydrogen-bond donors (Lipinski definition) is 2. The van der Waals surface area contributed by atoms with Gasteiger partial charge in [0.1, 0.15) is 0 Å². The molecular weight excluding hydrogens is 292 g/mol. The van der Waals surface area contributed by atoms with E-state index in [1.807, 2.05) is 35.9 Å². The van der Waals surface area contributed by atoms with Gasteiger partial charge in [0.05, 0.1) is 12.2 Å². The van der Waals surface area contributed by atoms with Crippen molar-refractivity contribution in [3.8, 4) is 5.69 Å². The average molecular weight is 312 g/mol. The zero-order valence-corrected chi connectivity index (χ0v) is 13.3. The van der Waals surface area contributed by atoms with Gasteiger partial charge in [0, 0.05) is 18.3 Å². The van der Waals surface area contributed by atoms with Gasteiger partial charge in [-0.05, 0) is 38.3 Å². The molecule has 1 aliphatic rings. The molecular formula is C17H20N4O2. The summed E-state index contributed by atoms with van der Waals surface area (Å²) >= 11 is 0. The molecule has 3 rings (SSSR count). The van der Waals surface area contributed by atoms with Gasteiger partial charge in [-0.3, -0.25) is 9.59 Å². The number of rotatable bonds is 4. The molecule has 0 spiro atoms. The summed E-state index contributed by atoms with van der Waals surface area (Å²) in [6.45, 7) is 2.00. The Kier molecular flexibility index (Phi) is 4.14. The first-order valence-electron chi connectivity index (χ1n) is 7.76. The fourth-order valence-corrected chi connectivity index (χ4v) is 2.85. The lowest BCUT2D eigenvalue weighted by atomic mass is 10.2. The highest BCUT2D eigenvalue weighted by Crippen LogP contribution is 2.27. The molecule has 0 bridgehead atoms. The Hall–Kier alpha value is -2.63. The minimum absolute atomic E-state index is 0.0402. The third-order valence-corrected chi connectivity index (χ3v) is 4.11. The van der Waals surface area contributed by atoms with E-state index in [0.29, 0.717) is 5.69 Å². The molecule has 0 radical (unpaired) electrons. The van der Waals surface area contributed by atoms with Gasteiger partial charge in [0.25, 0.3) is 5.91 Å². The number of carbonyl (C=O) groups is 2. The van der Waals surface area contributed by atoms with Crippen molar-refractivity contribution in [2.75, 3.05) is 13.6 Å². The molecule has 1 aliphatic carbocycles. The van der Waals surface area contributed by atoms with Gasteiger partial charge >= 0.3 is 0 Å². The first-order valence-corrected chi connectivity index (χ1v) is 7.76. The van der Waals surface area contributed by atoms with Crippen LogP contribution in [0.4, 0.5) is 0 Å². The first kappa shape index (κ1) is 15.3. The van der Waals surface area contributed by atoms with Crippen molar-refractivity contribution < 1.29 is 9.59 Å². The molecule has 2 amide bonds. The zero-order chi connectivity index (χ0) is 16.4. The van der Waals surface area contributed by atoms with E-state index < -0.39 is 0 Å². The third-order valence-electron chi connectivity index (χ3n) is 4.11. The summed E-state index contributed by atoms with van der Waals surface area (Å²) in [6.07, 6.45) is 2.79. The van der Waals surface area contributed by atoms with Crippen LogP contribution in [0.5, 0.6) is 0 Å². The van der Waals surface area contributed by atoms with Crippen molar-refractivity contribution in [2.24, 2.45) is 0 Å². The molecule has 1 aromatic carbocycles. The quantitative estimate of drug-likeness (QED) is 0.889. The highest BCUT2D eigenvalue weighted by molar-refractivity contribution is 5.96. The van der Waals surface area contributed by atoms with Crippen molar-refractivity contribution in [1.82, 2.24) is 20.4 Å². The van der Waals surface area contributed by atoms with Crippen LogP contribution >= 0.6 is 0 Å². The SMILES string of the molecule is CNC(=O)CNC(=O)c1nn(-c2ccc(C)cc2)c2c1CCC2. The number of aromatic nitrogens is 2. The van der Waals surface area contributed by atoms with Crippen molar-refractivity contribution in [2.45, 2.75) is 26.2 Å². The second kappa shape index (κ2) is 6.24. The number of hydrogen-bond acceptors (Lipinski definition) is 3. The van der Waals surface area contributed by atoms with Crippen LogP contribution in [-0.2, 0) is 17.6 Å². The number of aryl methyl sites for hydroxylation is 1. The summed E-state index contributed by atoms with van der Waals surface area (Å²) in [4.78, 5) is 23.6. The molecule has 2 aromatic rings. The lowest BCUT2D eigenvalue weighted by Crippen LogP contribution is -2.35. The fourth-order valence-electron chi connectivity index (χ4n) is 2.85. The molecule has 0 saturated carbocycles. The van der Waals surface area contributed by atoms with Crippen LogP contribution in [0.1, 0.15) is 33.7 Å². The second-order valence-electron chi connectivity index (χ2n) is 5.73. The molecule has 6 nitrogen and oxygen atoms in total.